The van der Waals surface area contributed by atoms with Crippen molar-refractivity contribution in [2.75, 3.05) is 20.8 Å². The van der Waals surface area contributed by atoms with Gasteiger partial charge in [0, 0.05) is 0 Å². The van der Waals surface area contributed by atoms with Gasteiger partial charge < -0.3 is 15.2 Å². The highest BCUT2D eigenvalue weighted by Gasteiger charge is 2.30. The van der Waals surface area contributed by atoms with Gasteiger partial charge in [-0.25, -0.2) is 4.39 Å². The molecule has 0 fully saturated rings. The topological polar surface area (TPSA) is 41.5 Å². The van der Waals surface area contributed by atoms with E-state index in [1.165, 1.54) is 13.2 Å². The molecule has 1 rings (SSSR count). The Morgan fingerprint density at radius 3 is 2.67 bits per heavy atom. The fourth-order valence-electron chi connectivity index (χ4n) is 1.49. The van der Waals surface area contributed by atoms with Crippen molar-refractivity contribution >= 4 is 0 Å². The molecule has 0 aliphatic heterocycles. The molecule has 2 N–H and O–H groups in total. The van der Waals surface area contributed by atoms with Crippen molar-refractivity contribution in [1.82, 2.24) is 5.32 Å². The molecular formula is C11H16FNO2. The van der Waals surface area contributed by atoms with Gasteiger partial charge in [-0.15, -0.1) is 0 Å². The summed E-state index contributed by atoms with van der Waals surface area (Å²) in [4.78, 5) is 0. The fourth-order valence-corrected chi connectivity index (χ4v) is 1.49. The van der Waals surface area contributed by atoms with Gasteiger partial charge in [-0.1, -0.05) is 6.07 Å². The van der Waals surface area contributed by atoms with Gasteiger partial charge in [0.15, 0.2) is 0 Å². The number of halogens is 1. The Bertz CT molecular complexity index is 337. The van der Waals surface area contributed by atoms with Gasteiger partial charge in [-0.2, -0.15) is 0 Å². The van der Waals surface area contributed by atoms with E-state index in [1.807, 2.05) is 0 Å². The largest absolute Gasteiger partial charge is 0.496 e. The molecule has 15 heavy (non-hydrogen) atoms. The summed E-state index contributed by atoms with van der Waals surface area (Å²) in [6.45, 7) is 1.51. The zero-order valence-corrected chi connectivity index (χ0v) is 9.17. The van der Waals surface area contributed by atoms with Crippen molar-refractivity contribution in [3.8, 4) is 5.75 Å². The van der Waals surface area contributed by atoms with Gasteiger partial charge in [0.2, 0.25) is 0 Å². The molecule has 84 valence electrons. The van der Waals surface area contributed by atoms with Crippen molar-refractivity contribution in [2.45, 2.75) is 12.5 Å². The maximum absolute atomic E-state index is 13.7. The normalized spacial score (nSPS) is 14.7. The molecule has 1 aromatic carbocycles. The van der Waals surface area contributed by atoms with Gasteiger partial charge >= 0.3 is 0 Å². The molecular weight excluding hydrogens is 197 g/mol. The molecule has 3 nitrogen and oxygen atoms in total. The molecule has 0 saturated heterocycles. The van der Waals surface area contributed by atoms with Crippen LogP contribution in [0.15, 0.2) is 18.2 Å². The minimum atomic E-state index is -0.837. The van der Waals surface area contributed by atoms with Crippen LogP contribution in [0.3, 0.4) is 0 Å². The Kier molecular flexibility index (Phi) is 3.66. The Hall–Kier alpha value is -1.13. The minimum absolute atomic E-state index is 0.208. The third-order valence-electron chi connectivity index (χ3n) is 2.62. The highest BCUT2D eigenvalue weighted by Crippen LogP contribution is 2.31. The molecule has 0 radical (unpaired) electrons. The van der Waals surface area contributed by atoms with E-state index in [0.29, 0.717) is 11.3 Å². The van der Waals surface area contributed by atoms with Gasteiger partial charge in [0.05, 0.1) is 24.8 Å². The second-order valence-corrected chi connectivity index (χ2v) is 3.56. The number of nitrogens with one attached hydrogen (secondary N) is 1. The average Bonchev–Trinajstić information content (AvgIpc) is 2.27. The highest BCUT2D eigenvalue weighted by atomic mass is 19.1. The maximum Gasteiger partial charge on any atom is 0.132 e. The summed E-state index contributed by atoms with van der Waals surface area (Å²) in [5.41, 5.74) is -0.492. The van der Waals surface area contributed by atoms with Crippen LogP contribution in [-0.4, -0.2) is 25.9 Å². The Labute approximate surface area is 88.9 Å². The van der Waals surface area contributed by atoms with Crippen LogP contribution in [0.2, 0.25) is 0 Å². The number of hydrogen-bond donors (Lipinski definition) is 2. The van der Waals surface area contributed by atoms with Crippen LogP contribution in [0.5, 0.6) is 5.75 Å². The van der Waals surface area contributed by atoms with E-state index >= 15 is 0 Å². The predicted molar refractivity (Wildman–Crippen MR) is 56.4 cm³/mol. The Morgan fingerprint density at radius 1 is 1.53 bits per heavy atom. The summed E-state index contributed by atoms with van der Waals surface area (Å²) in [6.07, 6.45) is 0. The lowest BCUT2D eigenvalue weighted by molar-refractivity contribution is 0.176. The van der Waals surface area contributed by atoms with E-state index in [4.69, 9.17) is 4.74 Å². The third-order valence-corrected chi connectivity index (χ3v) is 2.62. The summed E-state index contributed by atoms with van der Waals surface area (Å²) >= 11 is 0. The van der Waals surface area contributed by atoms with E-state index in [0.717, 1.165) is 0 Å². The van der Waals surface area contributed by atoms with Crippen LogP contribution < -0.4 is 10.1 Å². The molecule has 4 heteroatoms. The van der Waals surface area contributed by atoms with Gasteiger partial charge in [-0.3, -0.25) is 0 Å². The van der Waals surface area contributed by atoms with Crippen molar-refractivity contribution in [2.24, 2.45) is 0 Å². The van der Waals surface area contributed by atoms with Crippen LogP contribution >= 0.6 is 0 Å². The quantitative estimate of drug-likeness (QED) is 0.791. The van der Waals surface area contributed by atoms with E-state index in [1.54, 1.807) is 26.1 Å². The van der Waals surface area contributed by atoms with E-state index in [9.17, 15) is 9.50 Å². The lowest BCUT2D eigenvalue weighted by atomic mass is 9.91. The second kappa shape index (κ2) is 4.59. The van der Waals surface area contributed by atoms with Gasteiger partial charge in [0.25, 0.3) is 0 Å². The van der Waals surface area contributed by atoms with Gasteiger partial charge in [-0.05, 0) is 26.1 Å². The number of aliphatic hydroxyl groups is 1. The molecule has 0 aliphatic carbocycles. The zero-order valence-electron chi connectivity index (χ0n) is 9.17. The third kappa shape index (κ3) is 2.11. The van der Waals surface area contributed by atoms with Gasteiger partial charge in [0.1, 0.15) is 11.6 Å². The Morgan fingerprint density at radius 2 is 2.20 bits per heavy atom. The van der Waals surface area contributed by atoms with Crippen molar-refractivity contribution in [3.63, 3.8) is 0 Å². The molecule has 0 saturated carbocycles. The highest BCUT2D eigenvalue weighted by molar-refractivity contribution is 5.40. The van der Waals surface area contributed by atoms with Crippen LogP contribution in [0, 0.1) is 5.82 Å². The lowest BCUT2D eigenvalue weighted by Gasteiger charge is -2.29. The summed E-state index contributed by atoms with van der Waals surface area (Å²) in [6, 6.07) is 4.60. The van der Waals surface area contributed by atoms with Crippen LogP contribution in [0.4, 0.5) is 4.39 Å². The molecule has 0 bridgehead atoms. The number of ether oxygens (including phenoxy) is 1. The molecule has 1 unspecified atom stereocenters. The number of likely N-dealkylation sites (N-methyl/N-ethyl adjacent to an activating group) is 1. The molecule has 0 heterocycles. The number of benzene rings is 1. The number of rotatable bonds is 4. The summed E-state index contributed by atoms with van der Waals surface area (Å²) in [5.74, 6) is 0.0427. The lowest BCUT2D eigenvalue weighted by Crippen LogP contribution is -2.41. The fraction of sp³-hybridized carbons (Fsp3) is 0.455. The van der Waals surface area contributed by atoms with Crippen LogP contribution in [0.1, 0.15) is 12.5 Å². The van der Waals surface area contributed by atoms with Crippen molar-refractivity contribution in [3.05, 3.63) is 29.6 Å². The molecule has 0 aliphatic rings. The molecule has 1 atom stereocenters. The molecule has 0 spiro atoms. The monoisotopic (exact) mass is 213 g/mol. The first-order chi connectivity index (χ1) is 7.09. The molecule has 0 amide bonds. The van der Waals surface area contributed by atoms with Crippen molar-refractivity contribution < 1.29 is 14.2 Å². The number of aliphatic hydroxyl groups excluding tert-OH is 1. The molecule has 1 aromatic rings. The smallest absolute Gasteiger partial charge is 0.132 e. The minimum Gasteiger partial charge on any atom is -0.496 e. The van der Waals surface area contributed by atoms with Crippen LogP contribution in [0.25, 0.3) is 0 Å². The summed E-state index contributed by atoms with van der Waals surface area (Å²) < 4.78 is 18.8. The predicted octanol–water partition coefficient (Wildman–Crippen LogP) is 1.26. The van der Waals surface area contributed by atoms with E-state index in [-0.39, 0.29) is 12.4 Å². The summed E-state index contributed by atoms with van der Waals surface area (Å²) in [7, 11) is 3.15. The average molecular weight is 213 g/mol. The van der Waals surface area contributed by atoms with E-state index in [2.05, 4.69) is 5.32 Å². The zero-order chi connectivity index (χ0) is 11.5. The van der Waals surface area contributed by atoms with E-state index < -0.39 is 5.54 Å². The first kappa shape index (κ1) is 11.9. The first-order valence-corrected chi connectivity index (χ1v) is 4.72. The second-order valence-electron chi connectivity index (χ2n) is 3.56. The number of hydrogen-bond acceptors (Lipinski definition) is 3. The Balaban J connectivity index is 3.33. The molecule has 0 aromatic heterocycles. The first-order valence-electron chi connectivity index (χ1n) is 4.72. The van der Waals surface area contributed by atoms with Crippen molar-refractivity contribution in [1.29, 1.82) is 0 Å². The standard InChI is InChI=1S/C11H16FNO2/c1-11(7-14,13-2)10-8(12)5-4-6-9(10)15-3/h4-6,13-14H,7H2,1-3H3. The van der Waals surface area contributed by atoms with Crippen LogP contribution in [-0.2, 0) is 5.54 Å². The maximum atomic E-state index is 13.7. The summed E-state index contributed by atoms with van der Waals surface area (Å²) in [5, 5.41) is 12.2. The number of methoxy groups -OCH3 is 1. The SMILES string of the molecule is CNC(C)(CO)c1c(F)cccc1OC.